The van der Waals surface area contributed by atoms with E-state index in [1.54, 1.807) is 6.20 Å². The molecule has 5 heteroatoms. The van der Waals surface area contributed by atoms with E-state index in [1.807, 2.05) is 56.3 Å². The van der Waals surface area contributed by atoms with Gasteiger partial charge in [-0.2, -0.15) is 4.98 Å². The number of hydrogen-bond acceptors (Lipinski definition) is 5. The molecule has 2 N–H and O–H groups in total. The summed E-state index contributed by atoms with van der Waals surface area (Å²) in [6.45, 7) is 4.63. The smallest absolute Gasteiger partial charge is 0.239 e. The molecule has 20 heavy (non-hydrogen) atoms. The van der Waals surface area contributed by atoms with Crippen LogP contribution in [0.15, 0.2) is 36.7 Å². The molecule has 106 valence electrons. The van der Waals surface area contributed by atoms with E-state index >= 15 is 0 Å². The largest absolute Gasteiger partial charge is 0.473 e. The Hall–Kier alpha value is -2.30. The topological polar surface area (TPSA) is 64.3 Å². The number of nitrogens with two attached hydrogens (primary N) is 1. The van der Waals surface area contributed by atoms with Crippen molar-refractivity contribution in [1.29, 1.82) is 0 Å². The van der Waals surface area contributed by atoms with Crippen LogP contribution in [-0.4, -0.2) is 23.1 Å². The molecule has 0 saturated heterocycles. The zero-order chi connectivity index (χ0) is 14.5. The van der Waals surface area contributed by atoms with Gasteiger partial charge in [-0.15, -0.1) is 0 Å². The molecule has 5 nitrogen and oxygen atoms in total. The highest BCUT2D eigenvalue weighted by atomic mass is 16.5. The molecule has 0 aromatic carbocycles. The van der Waals surface area contributed by atoms with Gasteiger partial charge in [0.15, 0.2) is 0 Å². The van der Waals surface area contributed by atoms with Gasteiger partial charge in [-0.1, -0.05) is 6.07 Å². The molecule has 2 rings (SSSR count). The summed E-state index contributed by atoms with van der Waals surface area (Å²) in [6.07, 6.45) is 3.66. The number of pyridine rings is 2. The fraction of sp³-hybridized carbons (Fsp3) is 0.333. The van der Waals surface area contributed by atoms with E-state index in [-0.39, 0.29) is 6.10 Å². The summed E-state index contributed by atoms with van der Waals surface area (Å²) in [4.78, 5) is 10.6. The van der Waals surface area contributed by atoms with Gasteiger partial charge in [-0.25, -0.2) is 0 Å². The van der Waals surface area contributed by atoms with E-state index in [0.29, 0.717) is 11.6 Å². The van der Waals surface area contributed by atoms with Gasteiger partial charge in [0.1, 0.15) is 5.82 Å². The van der Waals surface area contributed by atoms with Crippen molar-refractivity contribution in [3.05, 3.63) is 42.2 Å². The normalized spacial score (nSPS) is 10.6. The van der Waals surface area contributed by atoms with E-state index in [2.05, 4.69) is 9.97 Å². The molecule has 0 radical (unpaired) electrons. The van der Waals surface area contributed by atoms with Crippen molar-refractivity contribution in [2.45, 2.75) is 26.5 Å². The van der Waals surface area contributed by atoms with E-state index in [4.69, 9.17) is 10.5 Å². The molecule has 2 aromatic heterocycles. The first kappa shape index (κ1) is 14.1. The minimum atomic E-state index is 0.0451. The van der Waals surface area contributed by atoms with Crippen LogP contribution >= 0.6 is 0 Å². The van der Waals surface area contributed by atoms with Crippen molar-refractivity contribution in [3.8, 4) is 5.88 Å². The van der Waals surface area contributed by atoms with Gasteiger partial charge in [0, 0.05) is 26.0 Å². The van der Waals surface area contributed by atoms with Gasteiger partial charge in [0.25, 0.3) is 0 Å². The first-order chi connectivity index (χ1) is 9.56. The molecule has 0 aliphatic carbocycles. The number of rotatable bonds is 5. The maximum absolute atomic E-state index is 5.87. The van der Waals surface area contributed by atoms with Crippen molar-refractivity contribution >= 4 is 11.5 Å². The Balaban J connectivity index is 2.15. The second-order valence-corrected chi connectivity index (χ2v) is 4.95. The average molecular weight is 272 g/mol. The van der Waals surface area contributed by atoms with Gasteiger partial charge < -0.3 is 15.4 Å². The van der Waals surface area contributed by atoms with Crippen molar-refractivity contribution in [3.63, 3.8) is 0 Å². The SMILES string of the molecule is CC(C)Oc1nc(N(C)Cc2cccnc2)ccc1N. The molecule has 0 spiro atoms. The molecular formula is C15H20N4O. The molecule has 2 heterocycles. The fourth-order valence-electron chi connectivity index (χ4n) is 1.82. The van der Waals surface area contributed by atoms with Crippen LogP contribution in [0.25, 0.3) is 0 Å². The molecule has 0 aliphatic rings. The average Bonchev–Trinajstić information content (AvgIpc) is 2.42. The second-order valence-electron chi connectivity index (χ2n) is 4.95. The molecule has 0 atom stereocenters. The quantitative estimate of drug-likeness (QED) is 0.906. The Bertz CT molecular complexity index is 557. The third-order valence-electron chi connectivity index (χ3n) is 2.76. The Morgan fingerprint density at radius 1 is 1.30 bits per heavy atom. The summed E-state index contributed by atoms with van der Waals surface area (Å²) in [5, 5.41) is 0. The van der Waals surface area contributed by atoms with Gasteiger partial charge in [-0.05, 0) is 37.6 Å². The number of nitrogens with zero attached hydrogens (tertiary/aromatic N) is 3. The van der Waals surface area contributed by atoms with Gasteiger partial charge in [0.05, 0.1) is 11.8 Å². The van der Waals surface area contributed by atoms with Crippen LogP contribution in [0.3, 0.4) is 0 Å². The summed E-state index contributed by atoms with van der Waals surface area (Å²) in [7, 11) is 1.98. The summed E-state index contributed by atoms with van der Waals surface area (Å²) in [6, 6.07) is 7.66. The minimum Gasteiger partial charge on any atom is -0.473 e. The van der Waals surface area contributed by atoms with Gasteiger partial charge in [-0.3, -0.25) is 4.98 Å². The molecular weight excluding hydrogens is 252 g/mol. The number of hydrogen-bond donors (Lipinski definition) is 1. The summed E-state index contributed by atoms with van der Waals surface area (Å²) >= 11 is 0. The van der Waals surface area contributed by atoms with Crippen LogP contribution in [0.4, 0.5) is 11.5 Å². The zero-order valence-electron chi connectivity index (χ0n) is 12.1. The van der Waals surface area contributed by atoms with E-state index < -0.39 is 0 Å². The number of ether oxygens (including phenoxy) is 1. The van der Waals surface area contributed by atoms with Crippen LogP contribution in [0.2, 0.25) is 0 Å². The van der Waals surface area contributed by atoms with Crippen LogP contribution in [0, 0.1) is 0 Å². The van der Waals surface area contributed by atoms with E-state index in [9.17, 15) is 0 Å². The third-order valence-corrected chi connectivity index (χ3v) is 2.76. The second kappa shape index (κ2) is 6.23. The molecule has 0 amide bonds. The zero-order valence-corrected chi connectivity index (χ0v) is 12.1. The van der Waals surface area contributed by atoms with Crippen molar-refractivity contribution in [1.82, 2.24) is 9.97 Å². The van der Waals surface area contributed by atoms with Crippen molar-refractivity contribution < 1.29 is 4.74 Å². The summed E-state index contributed by atoms with van der Waals surface area (Å²) in [5.74, 6) is 1.30. The van der Waals surface area contributed by atoms with Crippen LogP contribution in [-0.2, 0) is 6.54 Å². The van der Waals surface area contributed by atoms with Crippen LogP contribution < -0.4 is 15.4 Å². The lowest BCUT2D eigenvalue weighted by Crippen LogP contribution is -2.19. The summed E-state index contributed by atoms with van der Waals surface area (Å²) < 4.78 is 5.61. The maximum Gasteiger partial charge on any atom is 0.239 e. The van der Waals surface area contributed by atoms with Crippen molar-refractivity contribution in [2.75, 3.05) is 17.7 Å². The molecule has 0 unspecified atom stereocenters. The lowest BCUT2D eigenvalue weighted by atomic mass is 10.2. The highest BCUT2D eigenvalue weighted by Gasteiger charge is 2.09. The third kappa shape index (κ3) is 3.60. The number of anilines is 2. The molecule has 0 bridgehead atoms. The Morgan fingerprint density at radius 3 is 2.75 bits per heavy atom. The molecule has 0 saturated carbocycles. The predicted octanol–water partition coefficient (Wildman–Crippen LogP) is 2.48. The Morgan fingerprint density at radius 2 is 2.10 bits per heavy atom. The standard InChI is InChI=1S/C15H20N4O/c1-11(2)20-15-13(16)6-7-14(18-15)19(3)10-12-5-4-8-17-9-12/h4-9,11H,10,16H2,1-3H3. The van der Waals surface area contributed by atoms with E-state index in [0.717, 1.165) is 17.9 Å². The van der Waals surface area contributed by atoms with Crippen molar-refractivity contribution in [2.24, 2.45) is 0 Å². The maximum atomic E-state index is 5.87. The van der Waals surface area contributed by atoms with Crippen LogP contribution in [0.1, 0.15) is 19.4 Å². The highest BCUT2D eigenvalue weighted by molar-refractivity contribution is 5.54. The van der Waals surface area contributed by atoms with Gasteiger partial charge in [0.2, 0.25) is 5.88 Å². The monoisotopic (exact) mass is 272 g/mol. The Labute approximate surface area is 119 Å². The van der Waals surface area contributed by atoms with Crippen LogP contribution in [0.5, 0.6) is 5.88 Å². The first-order valence-corrected chi connectivity index (χ1v) is 6.59. The number of nitrogen functional groups attached to an aromatic ring is 1. The predicted molar refractivity (Wildman–Crippen MR) is 80.8 cm³/mol. The summed E-state index contributed by atoms with van der Waals surface area (Å²) in [5.41, 5.74) is 7.55. The number of aromatic nitrogens is 2. The molecule has 0 aliphatic heterocycles. The Kier molecular flexibility index (Phi) is 4.40. The van der Waals surface area contributed by atoms with E-state index in [1.165, 1.54) is 0 Å². The lowest BCUT2D eigenvalue weighted by molar-refractivity contribution is 0.234. The molecule has 2 aromatic rings. The highest BCUT2D eigenvalue weighted by Crippen LogP contribution is 2.24. The van der Waals surface area contributed by atoms with Gasteiger partial charge >= 0.3 is 0 Å². The molecule has 0 fully saturated rings. The fourth-order valence-corrected chi connectivity index (χ4v) is 1.82. The minimum absolute atomic E-state index is 0.0451. The first-order valence-electron chi connectivity index (χ1n) is 6.59. The lowest BCUT2D eigenvalue weighted by Gasteiger charge is -2.20.